The molecule has 1 saturated heterocycles. The van der Waals surface area contributed by atoms with Crippen molar-refractivity contribution in [2.75, 3.05) is 31.1 Å². The lowest BCUT2D eigenvalue weighted by molar-refractivity contribution is 0.0747. The van der Waals surface area contributed by atoms with Gasteiger partial charge in [0.05, 0.1) is 11.6 Å². The van der Waals surface area contributed by atoms with Crippen LogP contribution in [0.1, 0.15) is 15.9 Å². The van der Waals surface area contributed by atoms with Gasteiger partial charge in [0.2, 0.25) is 0 Å². The van der Waals surface area contributed by atoms with E-state index >= 15 is 0 Å². The van der Waals surface area contributed by atoms with Gasteiger partial charge in [0, 0.05) is 42.5 Å². The Morgan fingerprint density at radius 1 is 1.04 bits per heavy atom. The molecule has 0 aliphatic carbocycles. The number of nitrogens with zero attached hydrogens (tertiary/aromatic N) is 3. The Morgan fingerprint density at radius 3 is 2.48 bits per heavy atom. The number of carbonyl (C=O) groups is 1. The largest absolute Gasteiger partial charge is 0.368 e. The van der Waals surface area contributed by atoms with Crippen LogP contribution in [0.4, 0.5) is 5.69 Å². The zero-order valence-electron chi connectivity index (χ0n) is 12.6. The smallest absolute Gasteiger partial charge is 0.254 e. The summed E-state index contributed by atoms with van der Waals surface area (Å²) in [6.07, 6.45) is 0. The fourth-order valence-electron chi connectivity index (χ4n) is 2.74. The SMILES string of the molecule is N#Cc1cccc(C(=O)N2CCN(c3cccc(Cl)c3)CC2)c1. The molecule has 1 aliphatic heterocycles. The highest BCUT2D eigenvalue weighted by atomic mass is 35.5. The molecule has 2 aromatic carbocycles. The molecule has 1 fully saturated rings. The predicted octanol–water partition coefficient (Wildman–Crippen LogP) is 3.17. The van der Waals surface area contributed by atoms with Crippen LogP contribution in [-0.2, 0) is 0 Å². The third-order valence-electron chi connectivity index (χ3n) is 3.98. The molecule has 0 saturated carbocycles. The van der Waals surface area contributed by atoms with Gasteiger partial charge in [0.25, 0.3) is 5.91 Å². The number of piperazine rings is 1. The zero-order chi connectivity index (χ0) is 16.2. The summed E-state index contributed by atoms with van der Waals surface area (Å²) in [5.74, 6) is -0.0205. The zero-order valence-corrected chi connectivity index (χ0v) is 13.3. The van der Waals surface area contributed by atoms with Gasteiger partial charge in [-0.25, -0.2) is 0 Å². The number of amides is 1. The van der Waals surface area contributed by atoms with Gasteiger partial charge in [-0.1, -0.05) is 23.7 Å². The summed E-state index contributed by atoms with van der Waals surface area (Å²) >= 11 is 6.03. The number of rotatable bonds is 2. The van der Waals surface area contributed by atoms with Gasteiger partial charge in [-0.3, -0.25) is 4.79 Å². The summed E-state index contributed by atoms with van der Waals surface area (Å²) in [4.78, 5) is 16.6. The molecule has 4 nitrogen and oxygen atoms in total. The van der Waals surface area contributed by atoms with Crippen molar-refractivity contribution in [1.29, 1.82) is 5.26 Å². The average Bonchev–Trinajstić information content (AvgIpc) is 2.61. The van der Waals surface area contributed by atoms with Crippen LogP contribution in [0, 0.1) is 11.3 Å². The van der Waals surface area contributed by atoms with E-state index in [2.05, 4.69) is 11.0 Å². The van der Waals surface area contributed by atoms with E-state index < -0.39 is 0 Å². The third-order valence-corrected chi connectivity index (χ3v) is 4.21. The molecule has 0 aromatic heterocycles. The Bertz CT molecular complexity index is 761. The van der Waals surface area contributed by atoms with Crippen LogP contribution < -0.4 is 4.90 Å². The first-order valence-corrected chi connectivity index (χ1v) is 7.85. The number of carbonyl (C=O) groups excluding carboxylic acids is 1. The summed E-state index contributed by atoms with van der Waals surface area (Å²) in [5.41, 5.74) is 2.16. The van der Waals surface area contributed by atoms with Gasteiger partial charge in [0.1, 0.15) is 0 Å². The van der Waals surface area contributed by atoms with Gasteiger partial charge >= 0.3 is 0 Å². The number of benzene rings is 2. The maximum atomic E-state index is 12.5. The molecule has 0 spiro atoms. The fraction of sp³-hybridized carbons (Fsp3) is 0.222. The van der Waals surface area contributed by atoms with Gasteiger partial charge in [0.15, 0.2) is 0 Å². The second kappa shape index (κ2) is 6.72. The highest BCUT2D eigenvalue weighted by Gasteiger charge is 2.22. The molecule has 1 heterocycles. The molecular weight excluding hydrogens is 310 g/mol. The van der Waals surface area contributed by atoms with Crippen LogP contribution in [0.5, 0.6) is 0 Å². The van der Waals surface area contributed by atoms with Crippen LogP contribution in [0.3, 0.4) is 0 Å². The molecule has 3 rings (SSSR count). The Kier molecular flexibility index (Phi) is 4.50. The van der Waals surface area contributed by atoms with E-state index in [4.69, 9.17) is 16.9 Å². The minimum atomic E-state index is -0.0205. The van der Waals surface area contributed by atoms with Crippen LogP contribution >= 0.6 is 11.6 Å². The lowest BCUT2D eigenvalue weighted by atomic mass is 10.1. The standard InChI is InChI=1S/C18H16ClN3O/c19-16-5-2-6-17(12-16)21-7-9-22(10-8-21)18(23)15-4-1-3-14(11-15)13-20/h1-6,11-12H,7-10H2. The molecule has 116 valence electrons. The molecule has 1 aliphatic rings. The van der Waals surface area contributed by atoms with Crippen molar-refractivity contribution in [2.24, 2.45) is 0 Å². The molecule has 0 radical (unpaired) electrons. The Hall–Kier alpha value is -2.51. The summed E-state index contributed by atoms with van der Waals surface area (Å²) < 4.78 is 0. The second-order valence-corrected chi connectivity index (χ2v) is 5.89. The molecular formula is C18H16ClN3O. The van der Waals surface area contributed by atoms with E-state index in [1.165, 1.54) is 0 Å². The maximum absolute atomic E-state index is 12.5. The highest BCUT2D eigenvalue weighted by molar-refractivity contribution is 6.30. The normalized spacial score (nSPS) is 14.4. The predicted molar refractivity (Wildman–Crippen MR) is 90.7 cm³/mol. The molecule has 0 atom stereocenters. The Balaban J connectivity index is 1.66. The number of hydrogen-bond donors (Lipinski definition) is 0. The van der Waals surface area contributed by atoms with E-state index in [1.54, 1.807) is 24.3 Å². The van der Waals surface area contributed by atoms with Gasteiger partial charge in [-0.05, 0) is 36.4 Å². The van der Waals surface area contributed by atoms with Gasteiger partial charge < -0.3 is 9.80 Å². The summed E-state index contributed by atoms with van der Waals surface area (Å²) in [5, 5.41) is 9.66. The molecule has 0 unspecified atom stereocenters. The van der Waals surface area contributed by atoms with Crippen molar-refractivity contribution in [3.05, 3.63) is 64.7 Å². The quantitative estimate of drug-likeness (QED) is 0.852. The van der Waals surface area contributed by atoms with Gasteiger partial charge in [-0.2, -0.15) is 5.26 Å². The average molecular weight is 326 g/mol. The van der Waals surface area contributed by atoms with Gasteiger partial charge in [-0.15, -0.1) is 0 Å². The molecule has 0 N–H and O–H groups in total. The molecule has 0 bridgehead atoms. The van der Waals surface area contributed by atoms with Crippen molar-refractivity contribution >= 4 is 23.2 Å². The molecule has 2 aromatic rings. The number of nitriles is 1. The van der Waals surface area contributed by atoms with E-state index in [9.17, 15) is 4.79 Å². The fourth-order valence-corrected chi connectivity index (χ4v) is 2.93. The first-order valence-electron chi connectivity index (χ1n) is 7.47. The van der Waals surface area contributed by atoms with Crippen molar-refractivity contribution in [2.45, 2.75) is 0 Å². The summed E-state index contributed by atoms with van der Waals surface area (Å²) in [6, 6.07) is 16.7. The van der Waals surface area contributed by atoms with Crippen molar-refractivity contribution < 1.29 is 4.79 Å². The Labute approximate surface area is 140 Å². The van der Waals surface area contributed by atoms with Crippen molar-refractivity contribution in [1.82, 2.24) is 4.90 Å². The second-order valence-electron chi connectivity index (χ2n) is 5.45. The number of hydrogen-bond acceptors (Lipinski definition) is 3. The number of halogens is 1. The lowest BCUT2D eigenvalue weighted by Gasteiger charge is -2.36. The minimum absolute atomic E-state index is 0.0205. The minimum Gasteiger partial charge on any atom is -0.368 e. The van der Waals surface area contributed by atoms with Crippen molar-refractivity contribution in [3.8, 4) is 6.07 Å². The maximum Gasteiger partial charge on any atom is 0.254 e. The van der Waals surface area contributed by atoms with Crippen LogP contribution in [0.2, 0.25) is 5.02 Å². The van der Waals surface area contributed by atoms with Crippen LogP contribution in [0.25, 0.3) is 0 Å². The third kappa shape index (κ3) is 3.46. The summed E-state index contributed by atoms with van der Waals surface area (Å²) in [6.45, 7) is 2.85. The Morgan fingerprint density at radius 2 is 1.78 bits per heavy atom. The van der Waals surface area contributed by atoms with E-state index in [0.29, 0.717) is 29.2 Å². The van der Waals surface area contributed by atoms with Crippen LogP contribution in [-0.4, -0.2) is 37.0 Å². The van der Waals surface area contributed by atoms with Crippen LogP contribution in [0.15, 0.2) is 48.5 Å². The molecule has 5 heteroatoms. The first-order chi connectivity index (χ1) is 11.2. The molecule has 1 amide bonds. The van der Waals surface area contributed by atoms with E-state index in [-0.39, 0.29) is 5.91 Å². The summed E-state index contributed by atoms with van der Waals surface area (Å²) in [7, 11) is 0. The number of anilines is 1. The molecule has 23 heavy (non-hydrogen) atoms. The monoisotopic (exact) mass is 325 g/mol. The van der Waals surface area contributed by atoms with E-state index in [1.807, 2.05) is 29.2 Å². The first kappa shape index (κ1) is 15.4. The van der Waals surface area contributed by atoms with Crippen molar-refractivity contribution in [3.63, 3.8) is 0 Å². The lowest BCUT2D eigenvalue weighted by Crippen LogP contribution is -2.48. The topological polar surface area (TPSA) is 47.3 Å². The van der Waals surface area contributed by atoms with E-state index in [0.717, 1.165) is 18.8 Å². The highest BCUT2D eigenvalue weighted by Crippen LogP contribution is 2.21.